The molecule has 33 heavy (non-hydrogen) atoms. The molecule has 0 saturated carbocycles. The lowest BCUT2D eigenvalue weighted by molar-refractivity contribution is -0.136. The predicted octanol–water partition coefficient (Wildman–Crippen LogP) is 4.81. The Morgan fingerprint density at radius 3 is 2.61 bits per heavy atom. The van der Waals surface area contributed by atoms with E-state index in [-0.39, 0.29) is 30.8 Å². The van der Waals surface area contributed by atoms with Crippen LogP contribution in [0.25, 0.3) is 16.9 Å². The van der Waals surface area contributed by atoms with Crippen molar-refractivity contribution in [2.24, 2.45) is 5.92 Å². The number of carbonyl (C=O) groups excluding carboxylic acids is 2. The molecule has 0 spiro atoms. The summed E-state index contributed by atoms with van der Waals surface area (Å²) in [5, 5.41) is 3.47. The van der Waals surface area contributed by atoms with Crippen molar-refractivity contribution >= 4 is 29.4 Å². The molecule has 172 valence electrons. The van der Waals surface area contributed by atoms with Gasteiger partial charge in [0, 0.05) is 35.3 Å². The van der Waals surface area contributed by atoms with Gasteiger partial charge in [0.2, 0.25) is 17.8 Å². The number of methoxy groups -OCH3 is 1. The average molecular weight is 467 g/mol. The van der Waals surface area contributed by atoms with E-state index in [4.69, 9.17) is 16.3 Å². The molecule has 0 saturated heterocycles. The van der Waals surface area contributed by atoms with Gasteiger partial charge in [-0.05, 0) is 24.3 Å². The first-order valence-electron chi connectivity index (χ1n) is 10.5. The first-order valence-corrected chi connectivity index (χ1v) is 10.9. The fourth-order valence-corrected chi connectivity index (χ4v) is 3.40. The Labute approximate surface area is 198 Å². The molecule has 0 unspecified atom stereocenters. The molecule has 0 aliphatic rings. The number of nitrogens with zero attached hydrogens (tertiary/aromatic N) is 3. The second kappa shape index (κ2) is 10.8. The highest BCUT2D eigenvalue weighted by molar-refractivity contribution is 6.30. The first kappa shape index (κ1) is 24.1. The van der Waals surface area contributed by atoms with Gasteiger partial charge in [0.1, 0.15) is 12.3 Å². The van der Waals surface area contributed by atoms with Crippen molar-refractivity contribution in [1.82, 2.24) is 14.5 Å². The van der Waals surface area contributed by atoms with E-state index in [1.54, 1.807) is 43.7 Å². The molecular weight excluding hydrogens is 440 g/mol. The van der Waals surface area contributed by atoms with Gasteiger partial charge >= 0.3 is 0 Å². The molecule has 3 aromatic rings. The lowest BCUT2D eigenvalue weighted by Crippen LogP contribution is -2.40. The lowest BCUT2D eigenvalue weighted by atomic mass is 10.2. The SMILES string of the molecule is C=CCN(CC(=O)Nc1nc(-c2ccc(Cl)cc2)cn1-c1cccc(OC)c1)C(=O)C(C)C. The summed E-state index contributed by atoms with van der Waals surface area (Å²) in [6.45, 7) is 7.45. The Hall–Kier alpha value is -3.58. The van der Waals surface area contributed by atoms with Crippen LogP contribution in [-0.4, -0.2) is 46.5 Å². The number of benzene rings is 2. The van der Waals surface area contributed by atoms with Gasteiger partial charge in [0.05, 0.1) is 18.5 Å². The number of ether oxygens (including phenoxy) is 1. The zero-order valence-electron chi connectivity index (χ0n) is 18.9. The highest BCUT2D eigenvalue weighted by atomic mass is 35.5. The Bertz CT molecular complexity index is 1140. The molecule has 0 aliphatic carbocycles. The summed E-state index contributed by atoms with van der Waals surface area (Å²) in [6.07, 6.45) is 3.43. The van der Waals surface area contributed by atoms with Crippen molar-refractivity contribution in [3.8, 4) is 22.7 Å². The van der Waals surface area contributed by atoms with Gasteiger partial charge in [-0.15, -0.1) is 6.58 Å². The van der Waals surface area contributed by atoms with Crippen LogP contribution in [-0.2, 0) is 9.59 Å². The minimum Gasteiger partial charge on any atom is -0.497 e. The van der Waals surface area contributed by atoms with Crippen LogP contribution >= 0.6 is 11.6 Å². The van der Waals surface area contributed by atoms with Gasteiger partial charge in [-0.25, -0.2) is 4.98 Å². The van der Waals surface area contributed by atoms with E-state index in [2.05, 4.69) is 16.9 Å². The van der Waals surface area contributed by atoms with Gasteiger partial charge < -0.3 is 9.64 Å². The van der Waals surface area contributed by atoms with E-state index in [1.165, 1.54) is 4.90 Å². The molecule has 0 fully saturated rings. The van der Waals surface area contributed by atoms with E-state index < -0.39 is 0 Å². The van der Waals surface area contributed by atoms with Crippen LogP contribution in [0.5, 0.6) is 5.75 Å². The van der Waals surface area contributed by atoms with Crippen molar-refractivity contribution in [3.05, 3.63) is 72.4 Å². The second-order valence-electron chi connectivity index (χ2n) is 7.74. The monoisotopic (exact) mass is 466 g/mol. The van der Waals surface area contributed by atoms with E-state index >= 15 is 0 Å². The van der Waals surface area contributed by atoms with Crippen LogP contribution in [0.2, 0.25) is 5.02 Å². The molecule has 2 aromatic carbocycles. The number of aromatic nitrogens is 2. The predicted molar refractivity (Wildman–Crippen MR) is 131 cm³/mol. The van der Waals surface area contributed by atoms with Crippen LogP contribution in [0.4, 0.5) is 5.95 Å². The zero-order chi connectivity index (χ0) is 24.0. The van der Waals surface area contributed by atoms with Gasteiger partial charge in [-0.2, -0.15) is 0 Å². The molecular formula is C25H27ClN4O3. The van der Waals surface area contributed by atoms with E-state index in [0.29, 0.717) is 22.4 Å². The number of anilines is 1. The van der Waals surface area contributed by atoms with E-state index in [0.717, 1.165) is 11.3 Å². The summed E-state index contributed by atoms with van der Waals surface area (Å²) in [6, 6.07) is 14.7. The number of hydrogen-bond acceptors (Lipinski definition) is 4. The molecule has 0 aliphatic heterocycles. The van der Waals surface area contributed by atoms with Crippen LogP contribution in [0.1, 0.15) is 13.8 Å². The quantitative estimate of drug-likeness (QED) is 0.459. The molecule has 7 nitrogen and oxygen atoms in total. The lowest BCUT2D eigenvalue weighted by Gasteiger charge is -2.22. The van der Waals surface area contributed by atoms with Crippen molar-refractivity contribution in [2.75, 3.05) is 25.5 Å². The number of amides is 2. The van der Waals surface area contributed by atoms with Crippen molar-refractivity contribution in [1.29, 1.82) is 0 Å². The van der Waals surface area contributed by atoms with Crippen molar-refractivity contribution < 1.29 is 14.3 Å². The van der Waals surface area contributed by atoms with Crippen molar-refractivity contribution in [2.45, 2.75) is 13.8 Å². The molecule has 1 heterocycles. The maximum Gasteiger partial charge on any atom is 0.246 e. The Morgan fingerprint density at radius 1 is 1.24 bits per heavy atom. The maximum atomic E-state index is 12.9. The molecule has 2 amide bonds. The van der Waals surface area contributed by atoms with Gasteiger partial charge in [0.25, 0.3) is 0 Å². The number of imidazole rings is 1. The highest BCUT2D eigenvalue weighted by Crippen LogP contribution is 2.27. The highest BCUT2D eigenvalue weighted by Gasteiger charge is 2.21. The molecule has 0 atom stereocenters. The third-order valence-electron chi connectivity index (χ3n) is 4.92. The smallest absolute Gasteiger partial charge is 0.246 e. The van der Waals surface area contributed by atoms with Crippen LogP contribution in [0.15, 0.2) is 67.4 Å². The molecule has 8 heteroatoms. The third kappa shape index (κ3) is 6.02. The Kier molecular flexibility index (Phi) is 7.90. The summed E-state index contributed by atoms with van der Waals surface area (Å²) >= 11 is 6.02. The fourth-order valence-electron chi connectivity index (χ4n) is 3.28. The minimum atomic E-state index is -0.358. The van der Waals surface area contributed by atoms with Crippen LogP contribution < -0.4 is 10.1 Å². The topological polar surface area (TPSA) is 76.5 Å². The van der Waals surface area contributed by atoms with Crippen LogP contribution in [0, 0.1) is 5.92 Å². The summed E-state index contributed by atoms with van der Waals surface area (Å²) in [5.74, 6) is 0.291. The largest absolute Gasteiger partial charge is 0.497 e. The van der Waals surface area contributed by atoms with E-state index in [1.807, 2.05) is 42.6 Å². The molecule has 3 rings (SSSR count). The number of halogens is 1. The number of nitrogens with one attached hydrogen (secondary N) is 1. The zero-order valence-corrected chi connectivity index (χ0v) is 19.7. The number of rotatable bonds is 9. The number of hydrogen-bond donors (Lipinski definition) is 1. The van der Waals surface area contributed by atoms with Gasteiger partial charge in [-0.3, -0.25) is 19.5 Å². The third-order valence-corrected chi connectivity index (χ3v) is 5.17. The normalized spacial score (nSPS) is 10.7. The summed E-state index contributed by atoms with van der Waals surface area (Å²) < 4.78 is 7.11. The fraction of sp³-hybridized carbons (Fsp3) is 0.240. The summed E-state index contributed by atoms with van der Waals surface area (Å²) in [7, 11) is 1.59. The molecule has 0 radical (unpaired) electrons. The molecule has 1 aromatic heterocycles. The van der Waals surface area contributed by atoms with Gasteiger partial charge in [-0.1, -0.05) is 49.7 Å². The maximum absolute atomic E-state index is 12.9. The number of carbonyl (C=O) groups is 2. The molecule has 1 N–H and O–H groups in total. The minimum absolute atomic E-state index is 0.107. The van der Waals surface area contributed by atoms with Crippen LogP contribution in [0.3, 0.4) is 0 Å². The first-order chi connectivity index (χ1) is 15.8. The standard InChI is InChI=1S/C25H27ClN4O3/c1-5-13-29(24(32)17(2)3)16-23(31)28-25-27-22(18-9-11-19(26)12-10-18)15-30(25)20-7-6-8-21(14-20)33-4/h5-12,14-15,17H,1,13,16H2,2-4H3,(H,27,28,31). The Morgan fingerprint density at radius 2 is 1.97 bits per heavy atom. The second-order valence-corrected chi connectivity index (χ2v) is 8.17. The molecule has 0 bridgehead atoms. The summed E-state index contributed by atoms with van der Waals surface area (Å²) in [4.78, 5) is 31.4. The van der Waals surface area contributed by atoms with E-state index in [9.17, 15) is 9.59 Å². The summed E-state index contributed by atoms with van der Waals surface area (Å²) in [5.41, 5.74) is 2.27. The van der Waals surface area contributed by atoms with Gasteiger partial charge in [0.15, 0.2) is 0 Å². The average Bonchev–Trinajstić information content (AvgIpc) is 3.22. The van der Waals surface area contributed by atoms with Crippen molar-refractivity contribution in [3.63, 3.8) is 0 Å². The Balaban J connectivity index is 1.94.